The average Bonchev–Trinajstić information content (AvgIpc) is 2.73. The average molecular weight is 223 g/mol. The van der Waals surface area contributed by atoms with Gasteiger partial charge in [-0.3, -0.25) is 4.98 Å². The molecule has 2 aromatic heterocycles. The van der Waals surface area contributed by atoms with Gasteiger partial charge in [-0.25, -0.2) is 4.98 Å². The molecule has 84 valence electrons. The summed E-state index contributed by atoms with van der Waals surface area (Å²) in [7, 11) is 0. The van der Waals surface area contributed by atoms with Gasteiger partial charge in [-0.1, -0.05) is 29.8 Å². The van der Waals surface area contributed by atoms with Crippen molar-refractivity contribution in [1.29, 1.82) is 0 Å². The normalized spacial score (nSPS) is 10.9. The van der Waals surface area contributed by atoms with E-state index in [1.165, 1.54) is 11.1 Å². The third-order valence-corrected chi connectivity index (χ3v) is 2.86. The van der Waals surface area contributed by atoms with Crippen molar-refractivity contribution in [3.63, 3.8) is 0 Å². The molecule has 0 amide bonds. The van der Waals surface area contributed by atoms with E-state index in [0.717, 1.165) is 17.6 Å². The predicted octanol–water partition coefficient (Wildman–Crippen LogP) is 2.79. The molecule has 0 radical (unpaired) electrons. The van der Waals surface area contributed by atoms with Gasteiger partial charge < -0.3 is 4.57 Å². The highest BCUT2D eigenvalue weighted by molar-refractivity contribution is 5.73. The fourth-order valence-electron chi connectivity index (χ4n) is 2.04. The zero-order valence-corrected chi connectivity index (χ0v) is 9.67. The molecule has 0 saturated carbocycles. The minimum atomic E-state index is 0.837. The first kappa shape index (κ1) is 10.0. The molecule has 0 bridgehead atoms. The molecule has 0 atom stereocenters. The summed E-state index contributed by atoms with van der Waals surface area (Å²) in [5.74, 6) is 0. The van der Waals surface area contributed by atoms with E-state index >= 15 is 0 Å². The van der Waals surface area contributed by atoms with Crippen LogP contribution in [0.2, 0.25) is 0 Å². The maximum Gasteiger partial charge on any atom is 0.0961 e. The second kappa shape index (κ2) is 4.01. The SMILES string of the molecule is Cc1cccc(Cn2cnc3ccncc32)c1. The van der Waals surface area contributed by atoms with Crippen molar-refractivity contribution >= 4 is 11.0 Å². The Bertz CT molecular complexity index is 655. The Kier molecular flexibility index (Phi) is 2.37. The maximum atomic E-state index is 4.36. The van der Waals surface area contributed by atoms with Crippen LogP contribution in [0.1, 0.15) is 11.1 Å². The lowest BCUT2D eigenvalue weighted by atomic mass is 10.1. The van der Waals surface area contributed by atoms with Crippen molar-refractivity contribution in [3.8, 4) is 0 Å². The fourth-order valence-corrected chi connectivity index (χ4v) is 2.04. The van der Waals surface area contributed by atoms with Gasteiger partial charge >= 0.3 is 0 Å². The number of nitrogens with zero attached hydrogens (tertiary/aromatic N) is 3. The van der Waals surface area contributed by atoms with Gasteiger partial charge in [0.25, 0.3) is 0 Å². The van der Waals surface area contributed by atoms with Crippen LogP contribution in [0.5, 0.6) is 0 Å². The van der Waals surface area contributed by atoms with Crippen LogP contribution in [0, 0.1) is 6.92 Å². The fraction of sp³-hybridized carbons (Fsp3) is 0.143. The third kappa shape index (κ3) is 1.91. The molecular weight excluding hydrogens is 210 g/mol. The lowest BCUT2D eigenvalue weighted by molar-refractivity contribution is 0.822. The van der Waals surface area contributed by atoms with Crippen molar-refractivity contribution in [3.05, 3.63) is 60.2 Å². The van der Waals surface area contributed by atoms with Crippen LogP contribution in [0.25, 0.3) is 11.0 Å². The van der Waals surface area contributed by atoms with Crippen molar-refractivity contribution in [2.75, 3.05) is 0 Å². The number of aryl methyl sites for hydroxylation is 1. The first-order chi connectivity index (χ1) is 8.33. The van der Waals surface area contributed by atoms with Gasteiger partial charge in [0.15, 0.2) is 0 Å². The van der Waals surface area contributed by atoms with E-state index in [-0.39, 0.29) is 0 Å². The molecule has 17 heavy (non-hydrogen) atoms. The van der Waals surface area contributed by atoms with E-state index in [1.807, 2.05) is 18.6 Å². The summed E-state index contributed by atoms with van der Waals surface area (Å²) in [5, 5.41) is 0. The quantitative estimate of drug-likeness (QED) is 0.668. The molecule has 0 aliphatic rings. The Morgan fingerprint density at radius 1 is 1.24 bits per heavy atom. The van der Waals surface area contributed by atoms with E-state index in [9.17, 15) is 0 Å². The minimum absolute atomic E-state index is 0.837. The number of rotatable bonds is 2. The number of pyridine rings is 1. The summed E-state index contributed by atoms with van der Waals surface area (Å²) in [4.78, 5) is 8.50. The van der Waals surface area contributed by atoms with Gasteiger partial charge in [-0.2, -0.15) is 0 Å². The molecule has 3 nitrogen and oxygen atoms in total. The summed E-state index contributed by atoms with van der Waals surface area (Å²) < 4.78 is 2.12. The molecule has 2 heterocycles. The number of benzene rings is 1. The van der Waals surface area contributed by atoms with Crippen molar-refractivity contribution in [2.24, 2.45) is 0 Å². The van der Waals surface area contributed by atoms with Crippen LogP contribution in [0.4, 0.5) is 0 Å². The van der Waals surface area contributed by atoms with Crippen LogP contribution in [0.15, 0.2) is 49.1 Å². The number of fused-ring (bicyclic) bond motifs is 1. The summed E-state index contributed by atoms with van der Waals surface area (Å²) in [6, 6.07) is 10.5. The first-order valence-electron chi connectivity index (χ1n) is 5.63. The van der Waals surface area contributed by atoms with E-state index in [0.29, 0.717) is 0 Å². The largest absolute Gasteiger partial charge is 0.325 e. The lowest BCUT2D eigenvalue weighted by Gasteiger charge is -2.05. The number of hydrogen-bond donors (Lipinski definition) is 0. The highest BCUT2D eigenvalue weighted by atomic mass is 15.0. The highest BCUT2D eigenvalue weighted by Crippen LogP contribution is 2.13. The molecule has 0 unspecified atom stereocenters. The number of aromatic nitrogens is 3. The summed E-state index contributed by atoms with van der Waals surface area (Å²) in [6.07, 6.45) is 5.50. The van der Waals surface area contributed by atoms with Gasteiger partial charge in [0.1, 0.15) is 0 Å². The molecule has 0 aliphatic heterocycles. The number of imidazole rings is 1. The molecule has 0 aliphatic carbocycles. The second-order valence-electron chi connectivity index (χ2n) is 4.23. The van der Waals surface area contributed by atoms with E-state index in [4.69, 9.17) is 0 Å². The third-order valence-electron chi connectivity index (χ3n) is 2.86. The monoisotopic (exact) mass is 223 g/mol. The van der Waals surface area contributed by atoms with Crippen molar-refractivity contribution in [2.45, 2.75) is 13.5 Å². The molecule has 0 fully saturated rings. The Morgan fingerprint density at radius 2 is 2.18 bits per heavy atom. The Labute approximate surface area is 99.8 Å². The minimum Gasteiger partial charge on any atom is -0.325 e. The zero-order chi connectivity index (χ0) is 11.7. The predicted molar refractivity (Wildman–Crippen MR) is 67.8 cm³/mol. The molecular formula is C14H13N3. The van der Waals surface area contributed by atoms with Crippen LogP contribution in [0.3, 0.4) is 0 Å². The summed E-state index contributed by atoms with van der Waals surface area (Å²) in [6.45, 7) is 2.95. The Morgan fingerprint density at radius 3 is 3.06 bits per heavy atom. The second-order valence-corrected chi connectivity index (χ2v) is 4.23. The smallest absolute Gasteiger partial charge is 0.0961 e. The van der Waals surface area contributed by atoms with Crippen LogP contribution >= 0.6 is 0 Å². The topological polar surface area (TPSA) is 30.7 Å². The molecule has 0 saturated heterocycles. The standard InChI is InChI=1S/C14H13N3/c1-11-3-2-4-12(7-11)9-17-10-16-13-5-6-15-8-14(13)17/h2-8,10H,9H2,1H3. The Balaban J connectivity index is 2.00. The van der Waals surface area contributed by atoms with Gasteiger partial charge in [0.05, 0.1) is 23.6 Å². The van der Waals surface area contributed by atoms with Gasteiger partial charge in [-0.15, -0.1) is 0 Å². The highest BCUT2D eigenvalue weighted by Gasteiger charge is 2.02. The summed E-state index contributed by atoms with van der Waals surface area (Å²) >= 11 is 0. The van der Waals surface area contributed by atoms with Gasteiger partial charge in [0.2, 0.25) is 0 Å². The first-order valence-corrected chi connectivity index (χ1v) is 5.63. The van der Waals surface area contributed by atoms with Gasteiger partial charge in [-0.05, 0) is 18.6 Å². The van der Waals surface area contributed by atoms with Crippen molar-refractivity contribution in [1.82, 2.24) is 14.5 Å². The van der Waals surface area contributed by atoms with E-state index < -0.39 is 0 Å². The molecule has 0 N–H and O–H groups in total. The number of hydrogen-bond acceptors (Lipinski definition) is 2. The molecule has 3 aromatic rings. The van der Waals surface area contributed by atoms with Crippen molar-refractivity contribution < 1.29 is 0 Å². The molecule has 0 spiro atoms. The Hall–Kier alpha value is -2.16. The molecule has 1 aromatic carbocycles. The summed E-state index contributed by atoms with van der Waals surface area (Å²) in [5.41, 5.74) is 4.64. The van der Waals surface area contributed by atoms with Gasteiger partial charge in [0, 0.05) is 12.7 Å². The van der Waals surface area contributed by atoms with Crippen LogP contribution in [-0.4, -0.2) is 14.5 Å². The van der Waals surface area contributed by atoms with E-state index in [2.05, 4.69) is 45.7 Å². The maximum absolute atomic E-state index is 4.36. The van der Waals surface area contributed by atoms with Crippen LogP contribution in [-0.2, 0) is 6.54 Å². The lowest BCUT2D eigenvalue weighted by Crippen LogP contribution is -1.98. The molecule has 3 heteroatoms. The van der Waals surface area contributed by atoms with E-state index in [1.54, 1.807) is 6.20 Å². The van der Waals surface area contributed by atoms with Crippen LogP contribution < -0.4 is 0 Å². The molecule has 3 rings (SSSR count). The zero-order valence-electron chi connectivity index (χ0n) is 9.67.